The third-order valence-electron chi connectivity index (χ3n) is 7.58. The Kier molecular flexibility index (Phi) is 7.41. The van der Waals surface area contributed by atoms with Gasteiger partial charge >= 0.3 is 5.97 Å². The van der Waals surface area contributed by atoms with E-state index in [4.69, 9.17) is 5.73 Å². The van der Waals surface area contributed by atoms with E-state index in [1.165, 1.54) is 50.6 Å². The summed E-state index contributed by atoms with van der Waals surface area (Å²) in [5.41, 5.74) is 9.77. The van der Waals surface area contributed by atoms with Gasteiger partial charge in [0.25, 0.3) is 0 Å². The molecule has 33 heavy (non-hydrogen) atoms. The molecule has 2 heterocycles. The summed E-state index contributed by atoms with van der Waals surface area (Å²) in [6.45, 7) is 4.08. The first kappa shape index (κ1) is 23.4. The Hall–Kier alpha value is -2.76. The van der Waals surface area contributed by atoms with Gasteiger partial charge in [0, 0.05) is 42.6 Å². The van der Waals surface area contributed by atoms with Gasteiger partial charge in [-0.25, -0.2) is 4.79 Å². The van der Waals surface area contributed by atoms with Gasteiger partial charge in [0.05, 0.1) is 5.56 Å². The topological polar surface area (TPSA) is 88.6 Å². The number of carboxylic acids is 1. The van der Waals surface area contributed by atoms with Crippen molar-refractivity contribution in [2.75, 3.05) is 18.0 Å². The molecular weight excluding hydrogens is 414 g/mol. The number of carboxylic acid groups (broad SMARTS) is 1. The van der Waals surface area contributed by atoms with Crippen molar-refractivity contribution in [2.45, 2.75) is 77.2 Å². The molecule has 6 heteroatoms. The second-order valence-corrected chi connectivity index (χ2v) is 9.84. The van der Waals surface area contributed by atoms with E-state index in [2.05, 4.69) is 33.7 Å². The van der Waals surface area contributed by atoms with Crippen molar-refractivity contribution >= 4 is 17.6 Å². The number of anilines is 1. The summed E-state index contributed by atoms with van der Waals surface area (Å²) in [6, 6.07) is 10.4. The number of nitrogens with zero attached hydrogens (tertiary/aromatic N) is 2. The van der Waals surface area contributed by atoms with Crippen LogP contribution in [0.1, 0.15) is 86.3 Å². The van der Waals surface area contributed by atoms with Crippen LogP contribution in [0, 0.1) is 12.8 Å². The Balaban J connectivity index is 1.70. The highest BCUT2D eigenvalue weighted by Gasteiger charge is 2.27. The van der Waals surface area contributed by atoms with Crippen LogP contribution in [0.3, 0.4) is 0 Å². The lowest BCUT2D eigenvalue weighted by molar-refractivity contribution is -0.118. The number of benzene rings is 1. The Morgan fingerprint density at radius 3 is 2.33 bits per heavy atom. The molecule has 2 aliphatic rings. The van der Waals surface area contributed by atoms with Crippen molar-refractivity contribution in [3.05, 3.63) is 41.6 Å². The smallest absolute Gasteiger partial charge is 0.337 e. The first-order valence-corrected chi connectivity index (χ1v) is 12.5. The molecule has 4 rings (SSSR count). The maximum absolute atomic E-state index is 12.0. The van der Waals surface area contributed by atoms with E-state index in [0.29, 0.717) is 24.3 Å². The molecule has 6 nitrogen and oxygen atoms in total. The van der Waals surface area contributed by atoms with Crippen LogP contribution >= 0.6 is 0 Å². The Morgan fingerprint density at radius 1 is 1.06 bits per heavy atom. The van der Waals surface area contributed by atoms with Gasteiger partial charge in [-0.05, 0) is 62.3 Å². The van der Waals surface area contributed by atoms with Gasteiger partial charge in [0.15, 0.2) is 0 Å². The number of carbonyl (C=O) groups is 2. The largest absolute Gasteiger partial charge is 0.478 e. The lowest BCUT2D eigenvalue weighted by Gasteiger charge is -2.30. The number of aromatic nitrogens is 1. The monoisotopic (exact) mass is 451 g/mol. The predicted octanol–water partition coefficient (Wildman–Crippen LogP) is 5.54. The van der Waals surface area contributed by atoms with E-state index >= 15 is 0 Å². The van der Waals surface area contributed by atoms with Crippen LogP contribution in [0.15, 0.2) is 30.3 Å². The number of aromatic carboxylic acids is 1. The van der Waals surface area contributed by atoms with Crippen LogP contribution in [0.2, 0.25) is 0 Å². The van der Waals surface area contributed by atoms with E-state index < -0.39 is 5.97 Å². The number of nitrogens with two attached hydrogens (primary N) is 1. The summed E-state index contributed by atoms with van der Waals surface area (Å²) in [6.07, 6.45) is 10.6. The summed E-state index contributed by atoms with van der Waals surface area (Å²) < 4.78 is 2.19. The minimum absolute atomic E-state index is 0.0574. The van der Waals surface area contributed by atoms with Crippen molar-refractivity contribution in [2.24, 2.45) is 11.7 Å². The zero-order chi connectivity index (χ0) is 23.4. The van der Waals surface area contributed by atoms with Crippen LogP contribution in [-0.2, 0) is 4.79 Å². The number of primary amides is 1. The van der Waals surface area contributed by atoms with Crippen molar-refractivity contribution in [3.63, 3.8) is 0 Å². The number of rotatable bonds is 9. The SMILES string of the molecule is Cc1c(C(=O)O)cc(-c2ccc(N3CCCC3)cc2)n1C(CCC(N)=O)CC1CCCCC1. The highest BCUT2D eigenvalue weighted by Crippen LogP contribution is 2.38. The molecule has 2 aromatic rings. The molecule has 1 aliphatic heterocycles. The molecule has 178 valence electrons. The highest BCUT2D eigenvalue weighted by molar-refractivity contribution is 5.91. The average molecular weight is 452 g/mol. The zero-order valence-corrected chi connectivity index (χ0v) is 19.8. The quantitative estimate of drug-likeness (QED) is 0.524. The van der Waals surface area contributed by atoms with E-state index in [9.17, 15) is 14.7 Å². The fraction of sp³-hybridized carbons (Fsp3) is 0.556. The maximum Gasteiger partial charge on any atom is 0.337 e. The molecule has 1 saturated carbocycles. The zero-order valence-electron chi connectivity index (χ0n) is 19.8. The summed E-state index contributed by atoms with van der Waals surface area (Å²) in [5, 5.41) is 9.87. The minimum atomic E-state index is -0.910. The number of amides is 1. The molecule has 0 radical (unpaired) electrons. The standard InChI is InChI=1S/C27H37N3O3/c1-19-24(27(32)33)18-25(21-9-11-22(12-10-21)29-15-5-6-16-29)30(19)23(13-14-26(28)31)17-20-7-3-2-4-8-20/h9-12,18,20,23H,2-8,13-17H2,1H3,(H2,28,31)(H,32,33). The molecule has 3 N–H and O–H groups in total. The Morgan fingerprint density at radius 2 is 1.73 bits per heavy atom. The molecule has 0 bridgehead atoms. The molecule has 1 saturated heterocycles. The summed E-state index contributed by atoms with van der Waals surface area (Å²) in [4.78, 5) is 26.1. The summed E-state index contributed by atoms with van der Waals surface area (Å²) >= 11 is 0. The third kappa shape index (κ3) is 5.43. The van der Waals surface area contributed by atoms with Crippen molar-refractivity contribution < 1.29 is 14.7 Å². The lowest BCUT2D eigenvalue weighted by atomic mass is 9.83. The molecule has 1 aromatic carbocycles. The van der Waals surface area contributed by atoms with E-state index in [1.54, 1.807) is 6.07 Å². The summed E-state index contributed by atoms with van der Waals surface area (Å²) in [5.74, 6) is -0.604. The van der Waals surface area contributed by atoms with Gasteiger partial charge < -0.3 is 20.3 Å². The molecule has 1 atom stereocenters. The normalized spacial score (nSPS) is 17.9. The minimum Gasteiger partial charge on any atom is -0.478 e. The molecule has 0 spiro atoms. The molecule has 1 aromatic heterocycles. The fourth-order valence-corrected chi connectivity index (χ4v) is 5.82. The fourth-order valence-electron chi connectivity index (χ4n) is 5.82. The Bertz CT molecular complexity index is 967. The van der Waals surface area contributed by atoms with Crippen LogP contribution in [0.5, 0.6) is 0 Å². The highest BCUT2D eigenvalue weighted by atomic mass is 16.4. The number of hydrogen-bond acceptors (Lipinski definition) is 3. The predicted molar refractivity (Wildman–Crippen MR) is 132 cm³/mol. The van der Waals surface area contributed by atoms with Crippen molar-refractivity contribution in [1.82, 2.24) is 4.57 Å². The first-order chi connectivity index (χ1) is 15.9. The molecule has 2 fully saturated rings. The molecular formula is C27H37N3O3. The summed E-state index contributed by atoms with van der Waals surface area (Å²) in [7, 11) is 0. The first-order valence-electron chi connectivity index (χ1n) is 12.5. The van der Waals surface area contributed by atoms with Crippen molar-refractivity contribution in [1.29, 1.82) is 0 Å². The Labute approximate surface area is 196 Å². The van der Waals surface area contributed by atoms with E-state index in [0.717, 1.165) is 36.5 Å². The average Bonchev–Trinajstić information content (AvgIpc) is 3.46. The second-order valence-electron chi connectivity index (χ2n) is 9.84. The van der Waals surface area contributed by atoms with Gasteiger partial charge in [-0.1, -0.05) is 44.2 Å². The molecule has 1 unspecified atom stereocenters. The van der Waals surface area contributed by atoms with Crippen molar-refractivity contribution in [3.8, 4) is 11.3 Å². The third-order valence-corrected chi connectivity index (χ3v) is 7.58. The van der Waals surface area contributed by atoms with Crippen LogP contribution in [0.25, 0.3) is 11.3 Å². The van der Waals surface area contributed by atoms with Gasteiger partial charge in [0.1, 0.15) is 0 Å². The van der Waals surface area contributed by atoms with Gasteiger partial charge in [0.2, 0.25) is 5.91 Å². The van der Waals surface area contributed by atoms with Crippen LogP contribution < -0.4 is 10.6 Å². The van der Waals surface area contributed by atoms with E-state index in [1.807, 2.05) is 6.92 Å². The van der Waals surface area contributed by atoms with Crippen LogP contribution in [0.4, 0.5) is 5.69 Å². The maximum atomic E-state index is 12.0. The van der Waals surface area contributed by atoms with Gasteiger partial charge in [-0.3, -0.25) is 4.79 Å². The van der Waals surface area contributed by atoms with Gasteiger partial charge in [-0.2, -0.15) is 0 Å². The van der Waals surface area contributed by atoms with Gasteiger partial charge in [-0.15, -0.1) is 0 Å². The van der Waals surface area contributed by atoms with E-state index in [-0.39, 0.29) is 11.9 Å². The lowest BCUT2D eigenvalue weighted by Crippen LogP contribution is -2.21. The van der Waals surface area contributed by atoms with Crippen LogP contribution in [-0.4, -0.2) is 34.6 Å². The molecule has 1 amide bonds. The molecule has 1 aliphatic carbocycles. The second kappa shape index (κ2) is 10.4. The number of carbonyl (C=O) groups excluding carboxylic acids is 1. The number of hydrogen-bond donors (Lipinski definition) is 2.